The molecule has 1 aromatic rings. The van der Waals surface area contributed by atoms with Crippen LogP contribution >= 0.6 is 0 Å². The van der Waals surface area contributed by atoms with E-state index in [1.165, 1.54) is 6.08 Å². The smallest absolute Gasteiger partial charge is 0.307 e. The second kappa shape index (κ2) is 4.82. The van der Waals surface area contributed by atoms with Crippen LogP contribution in [0.3, 0.4) is 0 Å². The van der Waals surface area contributed by atoms with Crippen LogP contribution in [0.2, 0.25) is 0 Å². The maximum absolute atomic E-state index is 10.3. The van der Waals surface area contributed by atoms with Crippen molar-refractivity contribution < 1.29 is 9.90 Å². The highest BCUT2D eigenvalue weighted by Gasteiger charge is 1.99. The highest BCUT2D eigenvalue weighted by molar-refractivity contribution is 5.71. The van der Waals surface area contributed by atoms with E-state index in [1.807, 2.05) is 6.07 Å². The Bertz CT molecular complexity index is 444. The van der Waals surface area contributed by atoms with Crippen LogP contribution in [0.4, 0.5) is 5.69 Å². The molecule has 0 radical (unpaired) electrons. The van der Waals surface area contributed by atoms with Crippen molar-refractivity contribution in [1.82, 2.24) is 0 Å². The molecule has 0 spiro atoms. The minimum atomic E-state index is -0.909. The largest absolute Gasteiger partial charge is 0.481 e. The van der Waals surface area contributed by atoms with Gasteiger partial charge in [-0.15, -0.1) is 0 Å². The van der Waals surface area contributed by atoms with Gasteiger partial charge < -0.3 is 10.8 Å². The zero-order valence-corrected chi connectivity index (χ0v) is 7.97. The summed E-state index contributed by atoms with van der Waals surface area (Å²) < 4.78 is 0. The standard InChI is InChI=1S/C11H10N2O2/c12-7-9-4-5-10(13)6-8(9)2-1-3-11(14)15/h1-2,4-6H,3,13H2,(H,14,15). The molecule has 0 aromatic heterocycles. The van der Waals surface area contributed by atoms with Gasteiger partial charge in [0.05, 0.1) is 18.1 Å². The van der Waals surface area contributed by atoms with E-state index in [4.69, 9.17) is 16.1 Å². The molecule has 76 valence electrons. The van der Waals surface area contributed by atoms with Crippen LogP contribution < -0.4 is 5.73 Å². The summed E-state index contributed by atoms with van der Waals surface area (Å²) in [6, 6.07) is 6.88. The van der Waals surface area contributed by atoms with Crippen molar-refractivity contribution in [1.29, 1.82) is 5.26 Å². The number of benzene rings is 1. The molecule has 4 nitrogen and oxygen atoms in total. The number of carboxylic acid groups (broad SMARTS) is 1. The van der Waals surface area contributed by atoms with Crippen LogP contribution in [0, 0.1) is 11.3 Å². The lowest BCUT2D eigenvalue weighted by Crippen LogP contribution is -1.91. The van der Waals surface area contributed by atoms with Gasteiger partial charge >= 0.3 is 5.97 Å². The normalized spacial score (nSPS) is 10.1. The quantitative estimate of drug-likeness (QED) is 0.729. The molecule has 0 aliphatic rings. The van der Waals surface area contributed by atoms with Crippen LogP contribution in [-0.4, -0.2) is 11.1 Å². The molecule has 1 aromatic carbocycles. The molecule has 0 amide bonds. The Balaban J connectivity index is 2.93. The zero-order chi connectivity index (χ0) is 11.3. The fourth-order valence-electron chi connectivity index (χ4n) is 1.11. The molecule has 0 bridgehead atoms. The zero-order valence-electron chi connectivity index (χ0n) is 7.97. The summed E-state index contributed by atoms with van der Waals surface area (Å²) in [4.78, 5) is 10.3. The molecule has 0 heterocycles. The maximum Gasteiger partial charge on any atom is 0.307 e. The van der Waals surface area contributed by atoms with E-state index in [1.54, 1.807) is 24.3 Å². The summed E-state index contributed by atoms with van der Waals surface area (Å²) in [5.41, 5.74) is 7.21. The van der Waals surface area contributed by atoms with Gasteiger partial charge in [-0.2, -0.15) is 5.26 Å². The maximum atomic E-state index is 10.3. The number of aliphatic carboxylic acids is 1. The van der Waals surface area contributed by atoms with E-state index >= 15 is 0 Å². The number of carbonyl (C=O) groups is 1. The van der Waals surface area contributed by atoms with Gasteiger partial charge in [-0.1, -0.05) is 12.2 Å². The first-order chi connectivity index (χ1) is 7.13. The lowest BCUT2D eigenvalue weighted by Gasteiger charge is -1.98. The fraction of sp³-hybridized carbons (Fsp3) is 0.0909. The summed E-state index contributed by atoms with van der Waals surface area (Å²) in [7, 11) is 0. The Labute approximate surface area is 87.3 Å². The Morgan fingerprint density at radius 3 is 2.93 bits per heavy atom. The SMILES string of the molecule is N#Cc1ccc(N)cc1C=CCC(=O)O. The predicted molar refractivity (Wildman–Crippen MR) is 56.9 cm³/mol. The molecule has 3 N–H and O–H groups in total. The van der Waals surface area contributed by atoms with Crippen LogP contribution in [-0.2, 0) is 4.79 Å². The highest BCUT2D eigenvalue weighted by Crippen LogP contribution is 2.14. The van der Waals surface area contributed by atoms with Crippen molar-refractivity contribution in [2.24, 2.45) is 0 Å². The molecule has 15 heavy (non-hydrogen) atoms. The van der Waals surface area contributed by atoms with Gasteiger partial charge in [0, 0.05) is 5.69 Å². The number of carboxylic acids is 1. The molecule has 0 fully saturated rings. The minimum absolute atomic E-state index is 0.0698. The third-order valence-corrected chi connectivity index (χ3v) is 1.79. The van der Waals surface area contributed by atoms with Crippen molar-refractivity contribution in [2.75, 3.05) is 5.73 Å². The van der Waals surface area contributed by atoms with Crippen molar-refractivity contribution in [2.45, 2.75) is 6.42 Å². The molecule has 0 atom stereocenters. The second-order valence-corrected chi connectivity index (χ2v) is 2.96. The van der Waals surface area contributed by atoms with Gasteiger partial charge in [0.15, 0.2) is 0 Å². The summed E-state index contributed by atoms with van der Waals surface area (Å²) in [5, 5.41) is 17.2. The van der Waals surface area contributed by atoms with Gasteiger partial charge in [0.25, 0.3) is 0 Å². The summed E-state index contributed by atoms with van der Waals surface area (Å²) in [6.45, 7) is 0. The molecular weight excluding hydrogens is 192 g/mol. The predicted octanol–water partition coefficient (Wildman–Crippen LogP) is 1.63. The minimum Gasteiger partial charge on any atom is -0.481 e. The van der Waals surface area contributed by atoms with E-state index in [9.17, 15) is 4.79 Å². The summed E-state index contributed by atoms with van der Waals surface area (Å²) in [5.74, 6) is -0.909. The summed E-state index contributed by atoms with van der Waals surface area (Å²) >= 11 is 0. The van der Waals surface area contributed by atoms with E-state index in [2.05, 4.69) is 0 Å². The van der Waals surface area contributed by atoms with Crippen molar-refractivity contribution >= 4 is 17.7 Å². The monoisotopic (exact) mass is 202 g/mol. The molecule has 0 aliphatic carbocycles. The Kier molecular flexibility index (Phi) is 3.47. The molecule has 0 unspecified atom stereocenters. The number of nitrogen functional groups attached to an aromatic ring is 1. The average molecular weight is 202 g/mol. The molecule has 4 heteroatoms. The van der Waals surface area contributed by atoms with Crippen LogP contribution in [0.5, 0.6) is 0 Å². The van der Waals surface area contributed by atoms with Crippen molar-refractivity contribution in [3.8, 4) is 6.07 Å². The molecule has 0 saturated heterocycles. The number of nitrogens with zero attached hydrogens (tertiary/aromatic N) is 1. The average Bonchev–Trinajstić information content (AvgIpc) is 2.17. The Morgan fingerprint density at radius 1 is 1.60 bits per heavy atom. The van der Waals surface area contributed by atoms with Crippen LogP contribution in [0.1, 0.15) is 17.5 Å². The lowest BCUT2D eigenvalue weighted by atomic mass is 10.1. The third-order valence-electron chi connectivity index (χ3n) is 1.79. The number of hydrogen-bond acceptors (Lipinski definition) is 3. The van der Waals surface area contributed by atoms with Crippen molar-refractivity contribution in [3.63, 3.8) is 0 Å². The first-order valence-corrected chi connectivity index (χ1v) is 4.31. The first kappa shape index (κ1) is 10.8. The lowest BCUT2D eigenvalue weighted by molar-refractivity contribution is -0.135. The fourth-order valence-corrected chi connectivity index (χ4v) is 1.11. The number of rotatable bonds is 3. The first-order valence-electron chi connectivity index (χ1n) is 4.31. The number of nitriles is 1. The van der Waals surface area contributed by atoms with Gasteiger partial charge in [0.2, 0.25) is 0 Å². The van der Waals surface area contributed by atoms with Crippen molar-refractivity contribution in [3.05, 3.63) is 35.4 Å². The second-order valence-electron chi connectivity index (χ2n) is 2.96. The van der Waals surface area contributed by atoms with E-state index in [0.29, 0.717) is 16.8 Å². The molecule has 0 saturated carbocycles. The van der Waals surface area contributed by atoms with E-state index in [-0.39, 0.29) is 6.42 Å². The number of nitrogens with two attached hydrogens (primary N) is 1. The van der Waals surface area contributed by atoms with E-state index < -0.39 is 5.97 Å². The van der Waals surface area contributed by atoms with Gasteiger partial charge in [-0.3, -0.25) is 4.79 Å². The topological polar surface area (TPSA) is 87.1 Å². The number of hydrogen-bond donors (Lipinski definition) is 2. The van der Waals surface area contributed by atoms with E-state index in [0.717, 1.165) is 0 Å². The Morgan fingerprint density at radius 2 is 2.33 bits per heavy atom. The van der Waals surface area contributed by atoms with Gasteiger partial charge in [-0.25, -0.2) is 0 Å². The number of anilines is 1. The molecule has 0 aliphatic heterocycles. The molecule has 1 rings (SSSR count). The van der Waals surface area contributed by atoms with Gasteiger partial charge in [-0.05, 0) is 23.8 Å². The highest BCUT2D eigenvalue weighted by atomic mass is 16.4. The Hall–Kier alpha value is -2.28. The van der Waals surface area contributed by atoms with Crippen LogP contribution in [0.15, 0.2) is 24.3 Å². The summed E-state index contributed by atoms with van der Waals surface area (Å²) in [6.07, 6.45) is 3.00. The molecular formula is C11H10N2O2. The van der Waals surface area contributed by atoms with Crippen LogP contribution in [0.25, 0.3) is 6.08 Å². The third kappa shape index (κ3) is 3.16. The van der Waals surface area contributed by atoms with Gasteiger partial charge in [0.1, 0.15) is 0 Å².